The van der Waals surface area contributed by atoms with E-state index >= 15 is 0 Å². The molecule has 0 aliphatic carbocycles. The van der Waals surface area contributed by atoms with Gasteiger partial charge in [-0.1, -0.05) is 11.6 Å². The summed E-state index contributed by atoms with van der Waals surface area (Å²) in [7, 11) is 0. The molecule has 0 saturated heterocycles. The van der Waals surface area contributed by atoms with Crippen LogP contribution < -0.4 is 0 Å². The standard InChI is InChI=1S/C6H4Cl2F6/c7-2-3(6(12,13)14)4(8)1-5(9,10)11/h2,4H,1H2/b3-2-. The molecule has 0 N–H and O–H groups in total. The molecule has 0 aromatic carbocycles. The van der Waals surface area contributed by atoms with Crippen LogP contribution in [0.5, 0.6) is 0 Å². The Hall–Kier alpha value is -0.100. The van der Waals surface area contributed by atoms with Crippen LogP contribution in [0.3, 0.4) is 0 Å². The van der Waals surface area contributed by atoms with Crippen molar-refractivity contribution in [2.45, 2.75) is 24.2 Å². The van der Waals surface area contributed by atoms with Crippen LogP contribution in [0.1, 0.15) is 6.42 Å². The maximum Gasteiger partial charge on any atom is 0.414 e. The van der Waals surface area contributed by atoms with Crippen molar-refractivity contribution in [1.82, 2.24) is 0 Å². The Bertz CT molecular complexity index is 215. The number of halogens is 8. The van der Waals surface area contributed by atoms with Crippen molar-refractivity contribution in [2.75, 3.05) is 0 Å². The van der Waals surface area contributed by atoms with Gasteiger partial charge in [0.1, 0.15) is 0 Å². The molecule has 8 heteroatoms. The fourth-order valence-corrected chi connectivity index (χ4v) is 1.32. The molecule has 0 aliphatic rings. The molecule has 0 nitrogen and oxygen atoms in total. The summed E-state index contributed by atoms with van der Waals surface area (Å²) >= 11 is 9.67. The first kappa shape index (κ1) is 13.9. The van der Waals surface area contributed by atoms with Gasteiger partial charge in [-0.2, -0.15) is 26.3 Å². The predicted molar refractivity (Wildman–Crippen MR) is 40.3 cm³/mol. The maximum absolute atomic E-state index is 11.9. The summed E-state index contributed by atoms with van der Waals surface area (Å²) < 4.78 is 70.8. The molecule has 0 rings (SSSR count). The van der Waals surface area contributed by atoms with E-state index in [0.717, 1.165) is 0 Å². The van der Waals surface area contributed by atoms with Gasteiger partial charge in [-0.05, 0) is 0 Å². The van der Waals surface area contributed by atoms with Gasteiger partial charge in [0.2, 0.25) is 0 Å². The van der Waals surface area contributed by atoms with Crippen molar-refractivity contribution in [3.63, 3.8) is 0 Å². The Morgan fingerprint density at radius 3 is 1.79 bits per heavy atom. The molecular formula is C6H4Cl2F6. The number of hydrogen-bond donors (Lipinski definition) is 0. The Labute approximate surface area is 85.5 Å². The summed E-state index contributed by atoms with van der Waals surface area (Å²) in [4.78, 5) is 0. The van der Waals surface area contributed by atoms with Crippen LogP contribution in [0.25, 0.3) is 0 Å². The second kappa shape index (κ2) is 4.61. The zero-order chi connectivity index (χ0) is 11.6. The fraction of sp³-hybridized carbons (Fsp3) is 0.667. The monoisotopic (exact) mass is 260 g/mol. The normalized spacial score (nSPS) is 17.0. The van der Waals surface area contributed by atoms with Crippen LogP contribution in [0.4, 0.5) is 26.3 Å². The Morgan fingerprint density at radius 1 is 1.14 bits per heavy atom. The van der Waals surface area contributed by atoms with E-state index in [9.17, 15) is 26.3 Å². The molecule has 0 bridgehead atoms. The largest absolute Gasteiger partial charge is 0.414 e. The molecular weight excluding hydrogens is 257 g/mol. The van der Waals surface area contributed by atoms with E-state index in [2.05, 4.69) is 0 Å². The zero-order valence-corrected chi connectivity index (χ0v) is 7.90. The van der Waals surface area contributed by atoms with Gasteiger partial charge in [0, 0.05) is 5.54 Å². The molecule has 1 unspecified atom stereocenters. The summed E-state index contributed by atoms with van der Waals surface area (Å²) in [5.41, 5.74) is -1.58. The van der Waals surface area contributed by atoms with E-state index in [0.29, 0.717) is 0 Å². The second-order valence-electron chi connectivity index (χ2n) is 2.35. The average Bonchev–Trinajstić information content (AvgIpc) is 1.79. The summed E-state index contributed by atoms with van der Waals surface area (Å²) in [6.07, 6.45) is -11.5. The van der Waals surface area contributed by atoms with Crippen molar-refractivity contribution in [2.24, 2.45) is 0 Å². The highest BCUT2D eigenvalue weighted by Gasteiger charge is 2.42. The lowest BCUT2D eigenvalue weighted by Gasteiger charge is -2.17. The van der Waals surface area contributed by atoms with Crippen LogP contribution in [-0.4, -0.2) is 17.7 Å². The summed E-state index contributed by atoms with van der Waals surface area (Å²) in [6.45, 7) is 0. The number of hydrogen-bond acceptors (Lipinski definition) is 0. The lowest BCUT2D eigenvalue weighted by molar-refractivity contribution is -0.138. The Kier molecular flexibility index (Phi) is 4.58. The smallest absolute Gasteiger partial charge is 0.171 e. The number of alkyl halides is 7. The van der Waals surface area contributed by atoms with Crippen LogP contribution in [0, 0.1) is 0 Å². The molecule has 0 aromatic rings. The van der Waals surface area contributed by atoms with Crippen LogP contribution >= 0.6 is 23.2 Å². The summed E-state index contributed by atoms with van der Waals surface area (Å²) in [5.74, 6) is 0. The Morgan fingerprint density at radius 2 is 1.57 bits per heavy atom. The van der Waals surface area contributed by atoms with Crippen LogP contribution in [-0.2, 0) is 0 Å². The highest BCUT2D eigenvalue weighted by Crippen LogP contribution is 2.36. The summed E-state index contributed by atoms with van der Waals surface area (Å²) in [5, 5.41) is -2.22. The SMILES string of the molecule is FC(F)(F)CC(Cl)/C(=C/Cl)C(F)(F)F. The minimum absolute atomic E-state index is 0.0173. The van der Waals surface area contributed by atoms with Crippen LogP contribution in [0.15, 0.2) is 11.1 Å². The maximum atomic E-state index is 11.9. The van der Waals surface area contributed by atoms with Gasteiger partial charge < -0.3 is 0 Å². The average molecular weight is 261 g/mol. The van der Waals surface area contributed by atoms with Gasteiger partial charge >= 0.3 is 12.4 Å². The lowest BCUT2D eigenvalue weighted by atomic mass is 10.1. The Balaban J connectivity index is 4.59. The minimum Gasteiger partial charge on any atom is -0.171 e. The van der Waals surface area contributed by atoms with Crippen molar-refractivity contribution in [3.8, 4) is 0 Å². The third-order valence-corrected chi connectivity index (χ3v) is 1.82. The third kappa shape index (κ3) is 4.95. The molecule has 0 aliphatic heterocycles. The number of allylic oxidation sites excluding steroid dienone is 1. The molecule has 0 amide bonds. The molecule has 0 aromatic heterocycles. The fourth-order valence-electron chi connectivity index (χ4n) is 0.621. The van der Waals surface area contributed by atoms with Gasteiger partial charge in [0.15, 0.2) is 0 Å². The first-order chi connectivity index (χ1) is 6.08. The van der Waals surface area contributed by atoms with Crippen molar-refractivity contribution < 1.29 is 26.3 Å². The lowest BCUT2D eigenvalue weighted by Crippen LogP contribution is -2.25. The highest BCUT2D eigenvalue weighted by atomic mass is 35.5. The highest BCUT2D eigenvalue weighted by molar-refractivity contribution is 6.28. The van der Waals surface area contributed by atoms with E-state index in [-0.39, 0.29) is 5.54 Å². The van der Waals surface area contributed by atoms with E-state index in [1.807, 2.05) is 0 Å². The van der Waals surface area contributed by atoms with Crippen molar-refractivity contribution in [1.29, 1.82) is 0 Å². The minimum atomic E-state index is -4.95. The molecule has 14 heavy (non-hydrogen) atoms. The van der Waals surface area contributed by atoms with Gasteiger partial charge in [0.05, 0.1) is 17.4 Å². The van der Waals surface area contributed by atoms with Crippen molar-refractivity contribution in [3.05, 3.63) is 11.1 Å². The molecule has 84 valence electrons. The molecule has 0 fully saturated rings. The van der Waals surface area contributed by atoms with E-state index in [4.69, 9.17) is 23.2 Å². The molecule has 0 saturated carbocycles. The quantitative estimate of drug-likeness (QED) is 0.515. The second-order valence-corrected chi connectivity index (χ2v) is 3.09. The first-order valence-electron chi connectivity index (χ1n) is 3.16. The zero-order valence-electron chi connectivity index (χ0n) is 6.39. The van der Waals surface area contributed by atoms with Gasteiger partial charge in [0.25, 0.3) is 0 Å². The molecule has 0 spiro atoms. The molecule has 0 radical (unpaired) electrons. The third-order valence-electron chi connectivity index (χ3n) is 1.19. The first-order valence-corrected chi connectivity index (χ1v) is 4.03. The summed E-state index contributed by atoms with van der Waals surface area (Å²) in [6, 6.07) is 0. The number of rotatable bonds is 2. The van der Waals surface area contributed by atoms with E-state index < -0.39 is 29.7 Å². The van der Waals surface area contributed by atoms with Crippen molar-refractivity contribution >= 4 is 23.2 Å². The van der Waals surface area contributed by atoms with E-state index in [1.165, 1.54) is 0 Å². The van der Waals surface area contributed by atoms with Gasteiger partial charge in [-0.25, -0.2) is 0 Å². The molecule has 1 atom stereocenters. The van der Waals surface area contributed by atoms with Gasteiger partial charge in [-0.15, -0.1) is 11.6 Å². The topological polar surface area (TPSA) is 0 Å². The molecule has 0 heterocycles. The van der Waals surface area contributed by atoms with E-state index in [1.54, 1.807) is 0 Å². The van der Waals surface area contributed by atoms with Gasteiger partial charge in [-0.3, -0.25) is 0 Å². The predicted octanol–water partition coefficient (Wildman–Crippen LogP) is 4.23. The van der Waals surface area contributed by atoms with Crippen LogP contribution in [0.2, 0.25) is 0 Å².